The van der Waals surface area contributed by atoms with Gasteiger partial charge in [0.25, 0.3) is 0 Å². The minimum atomic E-state index is -0.495. The molecule has 0 radical (unpaired) electrons. The van der Waals surface area contributed by atoms with Crippen LogP contribution in [-0.4, -0.2) is 17.6 Å². The number of halogens is 1. The van der Waals surface area contributed by atoms with Gasteiger partial charge in [0.2, 0.25) is 5.91 Å². The molecule has 0 aliphatic carbocycles. The maximum atomic E-state index is 12.8. The van der Waals surface area contributed by atoms with Crippen molar-refractivity contribution in [3.05, 3.63) is 118 Å². The van der Waals surface area contributed by atoms with Gasteiger partial charge < -0.3 is 15.2 Å². The highest BCUT2D eigenvalue weighted by molar-refractivity contribution is 6.31. The van der Waals surface area contributed by atoms with E-state index in [-0.39, 0.29) is 12.5 Å². The molecule has 0 saturated heterocycles. The number of hydrogen-bond acceptors (Lipinski definition) is 4. The largest absolute Gasteiger partial charge is 0.487 e. The van der Waals surface area contributed by atoms with E-state index in [0.717, 1.165) is 11.1 Å². The van der Waals surface area contributed by atoms with Crippen molar-refractivity contribution in [2.75, 3.05) is 6.61 Å². The van der Waals surface area contributed by atoms with Gasteiger partial charge in [-0.2, -0.15) is 0 Å². The normalized spacial score (nSPS) is 13.2. The molecule has 0 heterocycles. The number of rotatable bonds is 8. The molecule has 0 aliphatic heterocycles. The van der Waals surface area contributed by atoms with E-state index in [1.807, 2.05) is 84.9 Å². The summed E-state index contributed by atoms with van der Waals surface area (Å²) in [5.74, 6) is 0.281. The standard InChI is InChI=1S/C27H27ClN2O3/c1-19(27(32)30-25(17-31)21-11-5-3-6-12-21)20(2)29-24-15-7-4-8-16-26(24)33-18-22-13-9-10-14-23(22)28/h3-16,25,31H,17-18H2,1-2H3,(H,30,32)/b20-19+,29-24+/t25-/m0/s1. The summed E-state index contributed by atoms with van der Waals surface area (Å²) in [6.07, 6.45) is 0. The number of aliphatic hydroxyl groups is 1. The highest BCUT2D eigenvalue weighted by Crippen LogP contribution is 2.17. The molecule has 0 spiro atoms. The number of carbonyl (C=O) groups is 1. The summed E-state index contributed by atoms with van der Waals surface area (Å²) in [4.78, 5) is 17.5. The van der Waals surface area contributed by atoms with Crippen molar-refractivity contribution in [2.45, 2.75) is 26.5 Å². The zero-order valence-corrected chi connectivity index (χ0v) is 19.4. The Morgan fingerprint density at radius 3 is 2.30 bits per heavy atom. The number of nitrogens with zero attached hydrogens (tertiary/aromatic N) is 1. The van der Waals surface area contributed by atoms with E-state index < -0.39 is 6.04 Å². The fraction of sp³-hybridized carbons (Fsp3) is 0.185. The summed E-state index contributed by atoms with van der Waals surface area (Å²) in [5, 5.41) is 13.8. The molecular formula is C27H27ClN2O3. The molecule has 1 atom stereocenters. The number of carbonyl (C=O) groups excluding carboxylic acids is 1. The van der Waals surface area contributed by atoms with E-state index in [2.05, 4.69) is 10.3 Å². The highest BCUT2D eigenvalue weighted by Gasteiger charge is 2.16. The maximum absolute atomic E-state index is 12.8. The lowest BCUT2D eigenvalue weighted by Gasteiger charge is -2.17. The first-order chi connectivity index (χ1) is 16.0. The molecule has 33 heavy (non-hydrogen) atoms. The fourth-order valence-corrected chi connectivity index (χ4v) is 3.31. The number of hydrogen-bond donors (Lipinski definition) is 2. The minimum absolute atomic E-state index is 0.201. The van der Waals surface area contributed by atoms with Gasteiger partial charge in [-0.05, 0) is 37.6 Å². The van der Waals surface area contributed by atoms with Gasteiger partial charge in [0.15, 0.2) is 0 Å². The van der Waals surface area contributed by atoms with Gasteiger partial charge in [-0.25, -0.2) is 4.99 Å². The van der Waals surface area contributed by atoms with Crippen molar-refractivity contribution >= 4 is 17.5 Å². The third-order valence-electron chi connectivity index (χ3n) is 5.18. The SMILES string of the molecule is CC(/N=c1\cccccc1OCc1ccccc1Cl)=C(/C)C(=O)N[C@@H](CO)c1ccccc1. The second-order valence-electron chi connectivity index (χ2n) is 7.48. The van der Waals surface area contributed by atoms with Crippen LogP contribution in [0.25, 0.3) is 0 Å². The molecule has 170 valence electrons. The lowest BCUT2D eigenvalue weighted by atomic mass is 10.1. The molecule has 0 saturated carbocycles. The highest BCUT2D eigenvalue weighted by atomic mass is 35.5. The number of nitrogens with one attached hydrogen (secondary N) is 1. The molecule has 0 aromatic heterocycles. The van der Waals surface area contributed by atoms with E-state index in [0.29, 0.717) is 34.0 Å². The van der Waals surface area contributed by atoms with Crippen molar-refractivity contribution in [2.24, 2.45) is 4.99 Å². The Bertz CT molecular complexity index is 1190. The van der Waals surface area contributed by atoms with Crippen LogP contribution in [-0.2, 0) is 11.4 Å². The van der Waals surface area contributed by atoms with Crippen LogP contribution in [0, 0.1) is 0 Å². The number of ether oxygens (including phenoxy) is 1. The van der Waals surface area contributed by atoms with Crippen LogP contribution < -0.4 is 15.4 Å². The molecule has 2 N–H and O–H groups in total. The van der Waals surface area contributed by atoms with Crippen molar-refractivity contribution in [3.63, 3.8) is 0 Å². The number of aliphatic hydroxyl groups excluding tert-OH is 1. The molecule has 5 nitrogen and oxygen atoms in total. The summed E-state index contributed by atoms with van der Waals surface area (Å²) in [7, 11) is 0. The second-order valence-corrected chi connectivity index (χ2v) is 7.89. The molecule has 3 aromatic rings. The minimum Gasteiger partial charge on any atom is -0.487 e. The molecule has 0 unspecified atom stereocenters. The third-order valence-corrected chi connectivity index (χ3v) is 5.55. The van der Waals surface area contributed by atoms with E-state index in [9.17, 15) is 9.90 Å². The Labute approximate surface area is 199 Å². The van der Waals surface area contributed by atoms with E-state index in [1.165, 1.54) is 0 Å². The predicted molar refractivity (Wildman–Crippen MR) is 131 cm³/mol. The second kappa shape index (κ2) is 12.0. The Balaban J connectivity index is 1.84. The maximum Gasteiger partial charge on any atom is 0.249 e. The van der Waals surface area contributed by atoms with Gasteiger partial charge in [0.1, 0.15) is 17.7 Å². The van der Waals surface area contributed by atoms with Gasteiger partial charge in [0.05, 0.1) is 12.6 Å². The van der Waals surface area contributed by atoms with Crippen LogP contribution in [0.4, 0.5) is 0 Å². The first-order valence-corrected chi connectivity index (χ1v) is 11.0. The van der Waals surface area contributed by atoms with Crippen molar-refractivity contribution in [1.29, 1.82) is 0 Å². The zero-order valence-electron chi connectivity index (χ0n) is 18.7. The smallest absolute Gasteiger partial charge is 0.249 e. The summed E-state index contributed by atoms with van der Waals surface area (Å²) in [5.41, 5.74) is 2.70. The first-order valence-electron chi connectivity index (χ1n) is 10.6. The van der Waals surface area contributed by atoms with Gasteiger partial charge in [-0.1, -0.05) is 78.3 Å². The number of benzene rings is 2. The molecule has 0 bridgehead atoms. The lowest BCUT2D eigenvalue weighted by molar-refractivity contribution is -0.118. The van der Waals surface area contributed by atoms with Crippen LogP contribution in [0.2, 0.25) is 5.02 Å². The molecule has 3 aromatic carbocycles. The summed E-state index contributed by atoms with van der Waals surface area (Å²) < 4.78 is 6.01. The lowest BCUT2D eigenvalue weighted by Crippen LogP contribution is -2.31. The van der Waals surface area contributed by atoms with Gasteiger partial charge in [-0.3, -0.25) is 4.79 Å². The quantitative estimate of drug-likeness (QED) is 0.464. The fourth-order valence-electron chi connectivity index (χ4n) is 3.12. The van der Waals surface area contributed by atoms with Crippen molar-refractivity contribution in [1.82, 2.24) is 5.32 Å². The Morgan fingerprint density at radius 2 is 1.61 bits per heavy atom. The van der Waals surface area contributed by atoms with Crippen LogP contribution in [0.1, 0.15) is 31.0 Å². The van der Waals surface area contributed by atoms with Crippen LogP contribution in [0.3, 0.4) is 0 Å². The Morgan fingerprint density at radius 1 is 0.970 bits per heavy atom. The van der Waals surface area contributed by atoms with E-state index in [1.54, 1.807) is 13.8 Å². The van der Waals surface area contributed by atoms with Gasteiger partial charge in [-0.15, -0.1) is 0 Å². The summed E-state index contributed by atoms with van der Waals surface area (Å²) in [6, 6.07) is 25.6. The monoisotopic (exact) mass is 462 g/mol. The third kappa shape index (κ3) is 6.78. The zero-order chi connectivity index (χ0) is 23.6. The van der Waals surface area contributed by atoms with Crippen molar-refractivity contribution in [3.8, 4) is 5.75 Å². The number of amides is 1. The molecule has 6 heteroatoms. The first kappa shape index (κ1) is 24.2. The Hall–Kier alpha value is -3.41. The summed E-state index contributed by atoms with van der Waals surface area (Å²) in [6.45, 7) is 3.58. The average molecular weight is 463 g/mol. The molecule has 0 fully saturated rings. The van der Waals surface area contributed by atoms with E-state index >= 15 is 0 Å². The number of allylic oxidation sites excluding steroid dienone is 1. The van der Waals surface area contributed by atoms with Crippen LogP contribution in [0.15, 0.2) is 101 Å². The predicted octanol–water partition coefficient (Wildman–Crippen LogP) is 4.96. The average Bonchev–Trinajstić information content (AvgIpc) is 3.06. The molecule has 3 rings (SSSR count). The van der Waals surface area contributed by atoms with Crippen molar-refractivity contribution < 1.29 is 14.6 Å². The molecule has 0 aliphatic rings. The van der Waals surface area contributed by atoms with E-state index in [4.69, 9.17) is 16.3 Å². The van der Waals surface area contributed by atoms with Gasteiger partial charge >= 0.3 is 0 Å². The Kier molecular flexibility index (Phi) is 8.81. The topological polar surface area (TPSA) is 70.9 Å². The van der Waals surface area contributed by atoms with Crippen LogP contribution >= 0.6 is 11.6 Å². The molecular weight excluding hydrogens is 436 g/mol. The molecule has 1 amide bonds. The van der Waals surface area contributed by atoms with Gasteiger partial charge in [0, 0.05) is 21.9 Å². The summed E-state index contributed by atoms with van der Waals surface area (Å²) >= 11 is 6.24. The van der Waals surface area contributed by atoms with Crippen LogP contribution in [0.5, 0.6) is 5.75 Å².